The van der Waals surface area contributed by atoms with Crippen molar-refractivity contribution in [2.24, 2.45) is 5.41 Å². The minimum absolute atomic E-state index is 0.0218. The van der Waals surface area contributed by atoms with Gasteiger partial charge in [-0.25, -0.2) is 0 Å². The highest BCUT2D eigenvalue weighted by Gasteiger charge is 2.40. The van der Waals surface area contributed by atoms with Crippen LogP contribution < -0.4 is 10.1 Å². The quantitative estimate of drug-likeness (QED) is 0.749. The lowest BCUT2D eigenvalue weighted by atomic mass is 9.75. The zero-order chi connectivity index (χ0) is 15.3. The molecule has 0 saturated carbocycles. The van der Waals surface area contributed by atoms with Crippen molar-refractivity contribution >= 4 is 5.97 Å². The lowest BCUT2D eigenvalue weighted by molar-refractivity contribution is -0.159. The maximum absolute atomic E-state index is 12.5. The van der Waals surface area contributed by atoms with Crippen molar-refractivity contribution in [3.63, 3.8) is 0 Å². The number of carbonyl (C=O) groups excluding carboxylic acids is 1. The molecule has 0 bridgehead atoms. The molecule has 0 radical (unpaired) electrons. The number of para-hydroxylation sites is 1. The molecule has 2 aliphatic rings. The van der Waals surface area contributed by atoms with Gasteiger partial charge in [-0.1, -0.05) is 24.6 Å². The Bertz CT molecular complexity index is 509. The summed E-state index contributed by atoms with van der Waals surface area (Å²) in [6.45, 7) is 2.59. The van der Waals surface area contributed by atoms with E-state index < -0.39 is 0 Å². The third kappa shape index (κ3) is 3.43. The number of piperidine rings is 1. The Morgan fingerprint density at radius 3 is 2.59 bits per heavy atom. The van der Waals surface area contributed by atoms with E-state index in [4.69, 9.17) is 9.47 Å². The van der Waals surface area contributed by atoms with Crippen LogP contribution in [0.25, 0.3) is 0 Å². The number of ether oxygens (including phenoxy) is 2. The molecule has 1 spiro atoms. The van der Waals surface area contributed by atoms with Crippen LogP contribution in [0.4, 0.5) is 0 Å². The summed E-state index contributed by atoms with van der Waals surface area (Å²) in [7, 11) is 0. The average molecular weight is 303 g/mol. The summed E-state index contributed by atoms with van der Waals surface area (Å²) in [5, 5.41) is 3.34. The van der Waals surface area contributed by atoms with Crippen LogP contribution in [0.3, 0.4) is 0 Å². The van der Waals surface area contributed by atoms with E-state index in [0.717, 1.165) is 57.4 Å². The Kier molecular flexibility index (Phi) is 4.98. The van der Waals surface area contributed by atoms with Crippen molar-refractivity contribution in [3.05, 3.63) is 29.8 Å². The number of hydrogen-bond donors (Lipinski definition) is 1. The molecule has 0 amide bonds. The number of aryl methyl sites for hydroxylation is 1. The largest absolute Gasteiger partial charge is 0.490 e. The molecule has 22 heavy (non-hydrogen) atoms. The van der Waals surface area contributed by atoms with Gasteiger partial charge in [0.1, 0.15) is 19.0 Å². The van der Waals surface area contributed by atoms with Crippen molar-refractivity contribution in [2.75, 3.05) is 26.3 Å². The molecule has 120 valence electrons. The molecule has 1 N–H and O–H groups in total. The molecule has 0 aromatic heterocycles. The molecule has 0 atom stereocenters. The Labute approximate surface area is 132 Å². The predicted octanol–water partition coefficient (Wildman–Crippen LogP) is 2.70. The number of carbonyl (C=O) groups is 1. The highest BCUT2D eigenvalue weighted by Crippen LogP contribution is 2.36. The fraction of sp³-hybridized carbons (Fsp3) is 0.611. The van der Waals surface area contributed by atoms with E-state index >= 15 is 0 Å². The van der Waals surface area contributed by atoms with E-state index in [1.165, 1.54) is 5.56 Å². The molecule has 1 aromatic rings. The molecule has 2 heterocycles. The second-order valence-electron chi connectivity index (χ2n) is 6.33. The van der Waals surface area contributed by atoms with Gasteiger partial charge in [0.15, 0.2) is 0 Å². The topological polar surface area (TPSA) is 47.6 Å². The molecule has 3 rings (SSSR count). The molecule has 4 nitrogen and oxygen atoms in total. The first-order chi connectivity index (χ1) is 10.8. The van der Waals surface area contributed by atoms with Crippen molar-refractivity contribution in [2.45, 2.75) is 38.5 Å². The van der Waals surface area contributed by atoms with Crippen LogP contribution >= 0.6 is 0 Å². The summed E-state index contributed by atoms with van der Waals surface area (Å²) in [5.74, 6) is 0.905. The normalized spacial score (nSPS) is 22.6. The van der Waals surface area contributed by atoms with Crippen molar-refractivity contribution in [1.82, 2.24) is 5.32 Å². The summed E-state index contributed by atoms with van der Waals surface area (Å²) in [6, 6.07) is 8.17. The number of hydrogen-bond acceptors (Lipinski definition) is 4. The Balaban J connectivity index is 1.71. The SMILES string of the molecule is O=C1OCCOc2ccccc2CCCCC12CCNCC2. The highest BCUT2D eigenvalue weighted by molar-refractivity contribution is 5.77. The third-order valence-corrected chi connectivity index (χ3v) is 4.89. The first-order valence-electron chi connectivity index (χ1n) is 8.39. The van der Waals surface area contributed by atoms with Crippen LogP contribution in [0.5, 0.6) is 5.75 Å². The number of cyclic esters (lactones) is 1. The summed E-state index contributed by atoms with van der Waals surface area (Å²) in [6.07, 6.45) is 5.88. The van der Waals surface area contributed by atoms with Gasteiger partial charge in [0.25, 0.3) is 0 Å². The Hall–Kier alpha value is -1.55. The minimum Gasteiger partial charge on any atom is -0.490 e. The predicted molar refractivity (Wildman–Crippen MR) is 85.0 cm³/mol. The van der Waals surface area contributed by atoms with Crippen LogP contribution in [-0.2, 0) is 16.0 Å². The van der Waals surface area contributed by atoms with E-state index in [9.17, 15) is 4.79 Å². The van der Waals surface area contributed by atoms with Crippen LogP contribution in [-0.4, -0.2) is 32.3 Å². The number of benzene rings is 1. The smallest absolute Gasteiger partial charge is 0.312 e. The molecule has 0 unspecified atom stereocenters. The van der Waals surface area contributed by atoms with Gasteiger partial charge in [-0.05, 0) is 56.8 Å². The number of rotatable bonds is 0. The summed E-state index contributed by atoms with van der Waals surface area (Å²) >= 11 is 0. The van der Waals surface area contributed by atoms with Crippen LogP contribution in [0.1, 0.15) is 37.7 Å². The van der Waals surface area contributed by atoms with Crippen LogP contribution in [0, 0.1) is 5.41 Å². The summed E-state index contributed by atoms with van der Waals surface area (Å²) in [5.41, 5.74) is 0.984. The standard InChI is InChI=1S/C18H25NO3/c20-17-18(9-11-19-12-10-18)8-4-3-6-15-5-1-2-7-16(15)21-13-14-22-17/h1-2,5,7,19H,3-4,6,8-14H2. The fourth-order valence-electron chi connectivity index (χ4n) is 3.53. The van der Waals surface area contributed by atoms with E-state index in [1.807, 2.05) is 12.1 Å². The van der Waals surface area contributed by atoms with E-state index in [1.54, 1.807) is 0 Å². The first-order valence-corrected chi connectivity index (χ1v) is 8.39. The number of fused-ring (bicyclic) bond motifs is 1. The molecular weight excluding hydrogens is 278 g/mol. The van der Waals surface area contributed by atoms with Crippen LogP contribution in [0.2, 0.25) is 0 Å². The van der Waals surface area contributed by atoms with Gasteiger partial charge in [-0.2, -0.15) is 0 Å². The number of nitrogens with one attached hydrogen (secondary N) is 1. The second kappa shape index (κ2) is 7.14. The average Bonchev–Trinajstić information content (AvgIpc) is 2.56. The van der Waals surface area contributed by atoms with Gasteiger partial charge >= 0.3 is 5.97 Å². The summed E-state index contributed by atoms with van der Waals surface area (Å²) < 4.78 is 11.3. The molecule has 1 aromatic carbocycles. The molecule has 1 saturated heterocycles. The zero-order valence-electron chi connectivity index (χ0n) is 13.1. The van der Waals surface area contributed by atoms with Gasteiger partial charge in [-0.15, -0.1) is 0 Å². The van der Waals surface area contributed by atoms with Crippen molar-refractivity contribution < 1.29 is 14.3 Å². The van der Waals surface area contributed by atoms with Crippen LogP contribution in [0.15, 0.2) is 24.3 Å². The van der Waals surface area contributed by atoms with Crippen molar-refractivity contribution in [1.29, 1.82) is 0 Å². The Morgan fingerprint density at radius 1 is 0.955 bits per heavy atom. The minimum atomic E-state index is -0.274. The van der Waals surface area contributed by atoms with Gasteiger partial charge in [-0.3, -0.25) is 4.79 Å². The van der Waals surface area contributed by atoms with Crippen molar-refractivity contribution in [3.8, 4) is 5.75 Å². The number of esters is 1. The molecule has 4 heteroatoms. The van der Waals surface area contributed by atoms with E-state index in [-0.39, 0.29) is 11.4 Å². The second-order valence-corrected chi connectivity index (χ2v) is 6.33. The first kappa shape index (κ1) is 15.3. The molecule has 0 aliphatic carbocycles. The van der Waals surface area contributed by atoms with Gasteiger partial charge < -0.3 is 14.8 Å². The van der Waals surface area contributed by atoms with Gasteiger partial charge in [0, 0.05) is 0 Å². The van der Waals surface area contributed by atoms with E-state index in [0.29, 0.717) is 13.2 Å². The van der Waals surface area contributed by atoms with E-state index in [2.05, 4.69) is 17.4 Å². The fourth-order valence-corrected chi connectivity index (χ4v) is 3.53. The monoisotopic (exact) mass is 303 g/mol. The molecule has 1 fully saturated rings. The zero-order valence-corrected chi connectivity index (χ0v) is 13.1. The van der Waals surface area contributed by atoms with Gasteiger partial charge in [0.05, 0.1) is 5.41 Å². The third-order valence-electron chi connectivity index (χ3n) is 4.89. The molecular formula is C18H25NO3. The van der Waals surface area contributed by atoms with Gasteiger partial charge in [0.2, 0.25) is 0 Å². The maximum atomic E-state index is 12.5. The molecule has 2 aliphatic heterocycles. The Morgan fingerprint density at radius 2 is 1.73 bits per heavy atom. The lowest BCUT2D eigenvalue weighted by Gasteiger charge is -2.35. The summed E-state index contributed by atoms with van der Waals surface area (Å²) in [4.78, 5) is 12.5. The maximum Gasteiger partial charge on any atom is 0.312 e. The lowest BCUT2D eigenvalue weighted by Crippen LogP contribution is -2.43. The highest BCUT2D eigenvalue weighted by atomic mass is 16.6.